The van der Waals surface area contributed by atoms with Crippen LogP contribution in [0.2, 0.25) is 0 Å². The molecule has 62 valence electrons. The zero-order valence-electron chi connectivity index (χ0n) is 7.79. The minimum absolute atomic E-state index is 0. The molecule has 0 aliphatic rings. The molecular formula is C6H14NNaO3. The number of rotatable bonds is 5. The van der Waals surface area contributed by atoms with Gasteiger partial charge in [-0.1, -0.05) is 0 Å². The maximum atomic E-state index is 10.2. The van der Waals surface area contributed by atoms with Crippen LogP contribution in [0.1, 0.15) is 14.3 Å². The van der Waals surface area contributed by atoms with Gasteiger partial charge in [-0.2, -0.15) is 0 Å². The van der Waals surface area contributed by atoms with Gasteiger partial charge in [-0.25, -0.2) is 0 Å². The normalized spacial score (nSPS) is 11.8. The molecule has 4 N–H and O–H groups in total. The first-order valence-electron chi connectivity index (χ1n) is 3.26. The Labute approximate surface area is 89.6 Å². The van der Waals surface area contributed by atoms with Gasteiger partial charge < -0.3 is 17.4 Å². The summed E-state index contributed by atoms with van der Waals surface area (Å²) in [7, 11) is 0. The largest absolute Gasteiger partial charge is 1.00 e. The van der Waals surface area contributed by atoms with Crippen LogP contribution in [0, 0.1) is 5.92 Å². The van der Waals surface area contributed by atoms with Crippen molar-refractivity contribution >= 4 is 5.97 Å². The maximum absolute atomic E-state index is 10.2. The molecule has 0 amide bonds. The Kier molecular flexibility index (Phi) is 10.8. The summed E-state index contributed by atoms with van der Waals surface area (Å²) in [6.07, 6.45) is 1.11. The average Bonchev–Trinajstić information content (AvgIpc) is 1.89. The summed E-state index contributed by atoms with van der Waals surface area (Å²) >= 11 is 0. The van der Waals surface area contributed by atoms with Crippen LogP contribution in [0.25, 0.3) is 0 Å². The standard InChI is InChI=1S/C6H13NO3.Na.H/c7-3-1-2-5(4-8)6(9)10;;/h5,8H,1-4,7H2,(H,9,10);;/q;+1;-1. The fourth-order valence-corrected chi connectivity index (χ4v) is 0.657. The number of hydrogen-bond donors (Lipinski definition) is 3. The molecule has 0 saturated carbocycles. The van der Waals surface area contributed by atoms with E-state index in [4.69, 9.17) is 15.9 Å². The van der Waals surface area contributed by atoms with Crippen molar-refractivity contribution in [2.45, 2.75) is 12.8 Å². The van der Waals surface area contributed by atoms with Crippen molar-refractivity contribution in [3.05, 3.63) is 0 Å². The Bertz CT molecular complexity index is 115. The first-order valence-corrected chi connectivity index (χ1v) is 3.26. The van der Waals surface area contributed by atoms with E-state index < -0.39 is 11.9 Å². The molecule has 5 heteroatoms. The van der Waals surface area contributed by atoms with Crippen molar-refractivity contribution in [3.8, 4) is 0 Å². The maximum Gasteiger partial charge on any atom is 1.00 e. The van der Waals surface area contributed by atoms with Gasteiger partial charge in [-0.15, -0.1) is 0 Å². The summed E-state index contributed by atoms with van der Waals surface area (Å²) in [6, 6.07) is 0. The quantitative estimate of drug-likeness (QED) is 0.375. The van der Waals surface area contributed by atoms with Crippen LogP contribution in [0.4, 0.5) is 0 Å². The fraction of sp³-hybridized carbons (Fsp3) is 0.833. The van der Waals surface area contributed by atoms with Gasteiger partial charge in [0.15, 0.2) is 0 Å². The van der Waals surface area contributed by atoms with E-state index >= 15 is 0 Å². The van der Waals surface area contributed by atoms with E-state index in [2.05, 4.69) is 0 Å². The van der Waals surface area contributed by atoms with Crippen molar-refractivity contribution in [3.63, 3.8) is 0 Å². The first-order chi connectivity index (χ1) is 4.72. The number of nitrogens with two attached hydrogens (primary N) is 1. The molecule has 1 unspecified atom stereocenters. The second-order valence-electron chi connectivity index (χ2n) is 2.15. The number of aliphatic hydroxyl groups excluding tert-OH is 1. The zero-order chi connectivity index (χ0) is 7.98. The number of carboxylic acid groups (broad SMARTS) is 1. The zero-order valence-corrected chi connectivity index (χ0v) is 8.79. The van der Waals surface area contributed by atoms with E-state index in [-0.39, 0.29) is 37.6 Å². The third-order valence-electron chi connectivity index (χ3n) is 1.33. The number of hydrogen-bond acceptors (Lipinski definition) is 3. The molecule has 4 nitrogen and oxygen atoms in total. The number of carboxylic acids is 1. The number of carbonyl (C=O) groups is 1. The summed E-state index contributed by atoms with van der Waals surface area (Å²) in [6.45, 7) is 0.180. The molecule has 0 fully saturated rings. The van der Waals surface area contributed by atoms with Gasteiger partial charge >= 0.3 is 35.5 Å². The van der Waals surface area contributed by atoms with Crippen LogP contribution in [0.15, 0.2) is 0 Å². The Morgan fingerprint density at radius 2 is 2.18 bits per heavy atom. The van der Waals surface area contributed by atoms with Crippen LogP contribution in [0.3, 0.4) is 0 Å². The minimum atomic E-state index is -0.948. The molecule has 0 rings (SSSR count). The van der Waals surface area contributed by atoms with E-state index in [9.17, 15) is 4.79 Å². The molecule has 0 saturated heterocycles. The predicted molar refractivity (Wildman–Crippen MR) is 37.6 cm³/mol. The number of aliphatic carboxylic acids is 1. The Balaban J connectivity index is -0.000000405. The van der Waals surface area contributed by atoms with Crippen LogP contribution in [-0.4, -0.2) is 29.3 Å². The van der Waals surface area contributed by atoms with Gasteiger partial charge in [0.1, 0.15) is 0 Å². The van der Waals surface area contributed by atoms with Crippen molar-refractivity contribution in [1.29, 1.82) is 0 Å². The summed E-state index contributed by atoms with van der Waals surface area (Å²) < 4.78 is 0. The van der Waals surface area contributed by atoms with E-state index in [1.807, 2.05) is 0 Å². The summed E-state index contributed by atoms with van der Waals surface area (Å²) in [5.41, 5.74) is 5.16. The van der Waals surface area contributed by atoms with Crippen molar-refractivity contribution in [2.24, 2.45) is 11.7 Å². The monoisotopic (exact) mass is 171 g/mol. The second-order valence-corrected chi connectivity index (χ2v) is 2.15. The minimum Gasteiger partial charge on any atom is -1.00 e. The van der Waals surface area contributed by atoms with Crippen LogP contribution in [-0.2, 0) is 4.79 Å². The SMILES string of the molecule is NCCCC(CO)C(=O)O.[H-].[Na+]. The molecular weight excluding hydrogens is 157 g/mol. The summed E-state index contributed by atoms with van der Waals surface area (Å²) in [4.78, 5) is 10.2. The molecule has 0 bridgehead atoms. The van der Waals surface area contributed by atoms with E-state index in [1.54, 1.807) is 0 Å². The molecule has 0 spiro atoms. The third-order valence-corrected chi connectivity index (χ3v) is 1.33. The molecule has 0 aromatic carbocycles. The Morgan fingerprint density at radius 1 is 1.64 bits per heavy atom. The molecule has 0 radical (unpaired) electrons. The van der Waals surface area contributed by atoms with Gasteiger partial charge in [0, 0.05) is 0 Å². The fourth-order valence-electron chi connectivity index (χ4n) is 0.657. The predicted octanol–water partition coefficient (Wildman–Crippen LogP) is -3.47. The average molecular weight is 171 g/mol. The van der Waals surface area contributed by atoms with Gasteiger partial charge in [0.05, 0.1) is 12.5 Å². The molecule has 11 heavy (non-hydrogen) atoms. The van der Waals surface area contributed by atoms with E-state index in [1.165, 1.54) is 0 Å². The van der Waals surface area contributed by atoms with Gasteiger partial charge in [-0.3, -0.25) is 4.79 Å². The molecule has 0 heterocycles. The first kappa shape index (κ1) is 13.9. The molecule has 0 aliphatic heterocycles. The van der Waals surface area contributed by atoms with Crippen LogP contribution < -0.4 is 35.3 Å². The molecule has 0 aromatic heterocycles. The number of aliphatic hydroxyl groups is 1. The second kappa shape index (κ2) is 8.49. The van der Waals surface area contributed by atoms with Crippen LogP contribution in [0.5, 0.6) is 0 Å². The third kappa shape index (κ3) is 6.77. The van der Waals surface area contributed by atoms with E-state index in [0.29, 0.717) is 19.4 Å². The molecule has 1 atom stereocenters. The van der Waals surface area contributed by atoms with Crippen molar-refractivity contribution in [1.82, 2.24) is 0 Å². The van der Waals surface area contributed by atoms with Gasteiger partial charge in [0.2, 0.25) is 0 Å². The Morgan fingerprint density at radius 3 is 2.45 bits per heavy atom. The summed E-state index contributed by atoms with van der Waals surface area (Å²) in [5.74, 6) is -1.58. The van der Waals surface area contributed by atoms with Crippen molar-refractivity contribution < 1.29 is 46.0 Å². The van der Waals surface area contributed by atoms with Crippen LogP contribution >= 0.6 is 0 Å². The van der Waals surface area contributed by atoms with E-state index in [0.717, 1.165) is 0 Å². The van der Waals surface area contributed by atoms with Crippen molar-refractivity contribution in [2.75, 3.05) is 13.2 Å². The molecule has 0 aliphatic carbocycles. The molecule has 0 aromatic rings. The Hall–Kier alpha value is 0.390. The smallest absolute Gasteiger partial charge is 1.00 e. The summed E-state index contributed by atoms with van der Waals surface area (Å²) in [5, 5.41) is 16.9. The van der Waals surface area contributed by atoms with Gasteiger partial charge in [-0.05, 0) is 19.4 Å². The topological polar surface area (TPSA) is 83.5 Å². The van der Waals surface area contributed by atoms with Gasteiger partial charge in [0.25, 0.3) is 0 Å².